The molecule has 0 atom stereocenters. The van der Waals surface area contributed by atoms with Crippen molar-refractivity contribution in [1.29, 1.82) is 0 Å². The lowest BCUT2D eigenvalue weighted by atomic mass is 10.1. The van der Waals surface area contributed by atoms with Crippen LogP contribution in [-0.2, 0) is 4.79 Å². The minimum atomic E-state index is -0.274. The summed E-state index contributed by atoms with van der Waals surface area (Å²) in [6.45, 7) is 0.709. The smallest absolute Gasteiger partial charge is 0.266 e. The van der Waals surface area contributed by atoms with Crippen molar-refractivity contribution in [3.05, 3.63) is 70.6 Å². The van der Waals surface area contributed by atoms with Crippen LogP contribution >= 0.6 is 24.0 Å². The summed E-state index contributed by atoms with van der Waals surface area (Å²) in [7, 11) is 1.54. The van der Waals surface area contributed by atoms with Gasteiger partial charge in [0.1, 0.15) is 10.1 Å². The molecule has 1 N–H and O–H groups in total. The number of nitrogens with zero attached hydrogens (tertiary/aromatic N) is 1. The van der Waals surface area contributed by atoms with Crippen LogP contribution in [0.25, 0.3) is 16.8 Å². The molecule has 0 aromatic heterocycles. The van der Waals surface area contributed by atoms with E-state index in [-0.39, 0.29) is 31.7 Å². The summed E-state index contributed by atoms with van der Waals surface area (Å²) in [6, 6.07) is 16.9. The van der Waals surface area contributed by atoms with E-state index in [1.807, 2.05) is 48.5 Å². The van der Waals surface area contributed by atoms with Gasteiger partial charge in [-0.25, -0.2) is 0 Å². The Morgan fingerprint density at radius 1 is 1.15 bits per heavy atom. The summed E-state index contributed by atoms with van der Waals surface area (Å²) in [5, 5.41) is 4.80. The van der Waals surface area contributed by atoms with Crippen molar-refractivity contribution in [1.82, 2.24) is 10.2 Å². The van der Waals surface area contributed by atoms with Gasteiger partial charge in [0, 0.05) is 13.1 Å². The predicted molar refractivity (Wildman–Crippen MR) is 135 cm³/mol. The molecule has 3 aromatic carbocycles. The number of fused-ring (bicyclic) bond motifs is 2. The van der Waals surface area contributed by atoms with Gasteiger partial charge in [-0.3, -0.25) is 14.5 Å². The zero-order chi connectivity index (χ0) is 23.7. The van der Waals surface area contributed by atoms with Crippen LogP contribution in [-0.4, -0.2) is 48.0 Å². The molecule has 1 saturated heterocycles. The summed E-state index contributed by atoms with van der Waals surface area (Å²) in [5.74, 6) is 1.36. The molecule has 172 valence electrons. The van der Waals surface area contributed by atoms with E-state index in [1.54, 1.807) is 12.1 Å². The fourth-order valence-electron chi connectivity index (χ4n) is 3.79. The third kappa shape index (κ3) is 4.32. The number of thioether (sulfide) groups is 1. The van der Waals surface area contributed by atoms with E-state index in [1.165, 1.54) is 23.8 Å². The third-order valence-electron chi connectivity index (χ3n) is 5.50. The Labute approximate surface area is 205 Å². The van der Waals surface area contributed by atoms with Gasteiger partial charge in [-0.15, -0.1) is 0 Å². The SMILES string of the molecule is COc1cc2ccccc2cc1C(=O)NCCN1C(=O)/C(=C\c2ccc3c(c2)OCO3)SC1=S. The summed E-state index contributed by atoms with van der Waals surface area (Å²) in [6.07, 6.45) is 1.78. The van der Waals surface area contributed by atoms with Crippen LogP contribution in [0.3, 0.4) is 0 Å². The van der Waals surface area contributed by atoms with Crippen LogP contribution in [0.4, 0.5) is 0 Å². The van der Waals surface area contributed by atoms with E-state index in [2.05, 4.69) is 5.32 Å². The maximum Gasteiger partial charge on any atom is 0.266 e. The molecular formula is C25H20N2O5S2. The molecule has 1 fully saturated rings. The second-order valence-electron chi connectivity index (χ2n) is 7.60. The van der Waals surface area contributed by atoms with Crippen LogP contribution in [0.1, 0.15) is 15.9 Å². The molecule has 9 heteroatoms. The van der Waals surface area contributed by atoms with Gasteiger partial charge in [-0.2, -0.15) is 0 Å². The second-order valence-corrected chi connectivity index (χ2v) is 9.28. The van der Waals surface area contributed by atoms with Crippen LogP contribution in [0, 0.1) is 0 Å². The standard InChI is InChI=1S/C25H20N2O5S2/c1-30-20-13-17-5-3-2-4-16(17)12-18(20)23(28)26-8-9-27-24(29)22(34-25(27)33)11-15-6-7-19-21(10-15)32-14-31-19/h2-7,10-13H,8-9,14H2,1H3,(H,26,28)/b22-11+. The molecule has 7 nitrogen and oxygen atoms in total. The van der Waals surface area contributed by atoms with Crippen molar-refractivity contribution < 1.29 is 23.8 Å². The molecular weight excluding hydrogens is 472 g/mol. The van der Waals surface area contributed by atoms with Gasteiger partial charge in [-0.05, 0) is 46.7 Å². The van der Waals surface area contributed by atoms with Crippen LogP contribution in [0.15, 0.2) is 59.5 Å². The fourth-order valence-corrected chi connectivity index (χ4v) is 5.10. The molecule has 2 aliphatic rings. The minimum Gasteiger partial charge on any atom is -0.496 e. The molecule has 0 radical (unpaired) electrons. The molecule has 34 heavy (non-hydrogen) atoms. The number of benzene rings is 3. The number of nitrogens with one attached hydrogen (secondary N) is 1. The number of hydrogen-bond donors (Lipinski definition) is 1. The summed E-state index contributed by atoms with van der Waals surface area (Å²) in [4.78, 5) is 27.8. The largest absolute Gasteiger partial charge is 0.496 e. The minimum absolute atomic E-state index is 0.190. The first-order valence-corrected chi connectivity index (χ1v) is 11.8. The van der Waals surface area contributed by atoms with Gasteiger partial charge >= 0.3 is 0 Å². The van der Waals surface area contributed by atoms with Gasteiger partial charge in [0.15, 0.2) is 11.5 Å². The number of amides is 2. The lowest BCUT2D eigenvalue weighted by Crippen LogP contribution is -2.37. The second kappa shape index (κ2) is 9.36. The predicted octanol–water partition coefficient (Wildman–Crippen LogP) is 4.21. The molecule has 0 spiro atoms. The van der Waals surface area contributed by atoms with Crippen molar-refractivity contribution in [2.45, 2.75) is 0 Å². The highest BCUT2D eigenvalue weighted by atomic mass is 32.2. The summed E-state index contributed by atoms with van der Waals surface area (Å²) in [5.41, 5.74) is 1.26. The maximum atomic E-state index is 12.9. The Bertz CT molecular complexity index is 1350. The number of carbonyl (C=O) groups excluding carboxylic acids is 2. The lowest BCUT2D eigenvalue weighted by Gasteiger charge is -2.16. The molecule has 0 unspecified atom stereocenters. The molecule has 2 aliphatic heterocycles. The topological polar surface area (TPSA) is 77.1 Å². The van der Waals surface area contributed by atoms with Crippen molar-refractivity contribution >= 4 is 57.0 Å². The van der Waals surface area contributed by atoms with Crippen molar-refractivity contribution in [3.8, 4) is 17.2 Å². The van der Waals surface area contributed by atoms with Gasteiger partial charge in [-0.1, -0.05) is 54.3 Å². The highest BCUT2D eigenvalue weighted by Crippen LogP contribution is 2.36. The quantitative estimate of drug-likeness (QED) is 0.408. The van der Waals surface area contributed by atoms with Crippen molar-refractivity contribution in [3.63, 3.8) is 0 Å². The Kier molecular flexibility index (Phi) is 6.12. The zero-order valence-corrected chi connectivity index (χ0v) is 19.8. The highest BCUT2D eigenvalue weighted by Gasteiger charge is 2.32. The highest BCUT2D eigenvalue weighted by molar-refractivity contribution is 8.26. The zero-order valence-electron chi connectivity index (χ0n) is 18.2. The summed E-state index contributed by atoms with van der Waals surface area (Å²) < 4.78 is 16.6. The first-order valence-electron chi connectivity index (χ1n) is 10.5. The van der Waals surface area contributed by atoms with Gasteiger partial charge in [0.2, 0.25) is 6.79 Å². The van der Waals surface area contributed by atoms with Crippen molar-refractivity contribution in [2.24, 2.45) is 0 Å². The molecule has 2 amide bonds. The number of thiocarbonyl (C=S) groups is 1. The average molecular weight is 493 g/mol. The number of methoxy groups -OCH3 is 1. The lowest BCUT2D eigenvalue weighted by molar-refractivity contribution is -0.122. The molecule has 2 heterocycles. The Morgan fingerprint density at radius 2 is 1.91 bits per heavy atom. The maximum absolute atomic E-state index is 12.9. The first kappa shape index (κ1) is 22.2. The Balaban J connectivity index is 1.24. The van der Waals surface area contributed by atoms with Gasteiger partial charge in [0.05, 0.1) is 17.6 Å². The van der Waals surface area contributed by atoms with E-state index in [0.717, 1.165) is 16.3 Å². The number of carbonyl (C=O) groups is 2. The van der Waals surface area contributed by atoms with E-state index in [0.29, 0.717) is 32.0 Å². The van der Waals surface area contributed by atoms with Gasteiger partial charge < -0.3 is 19.5 Å². The van der Waals surface area contributed by atoms with Gasteiger partial charge in [0.25, 0.3) is 11.8 Å². The Morgan fingerprint density at radius 3 is 2.71 bits per heavy atom. The third-order valence-corrected chi connectivity index (χ3v) is 6.88. The number of hydrogen-bond acceptors (Lipinski definition) is 7. The van der Waals surface area contributed by atoms with Crippen LogP contribution in [0.2, 0.25) is 0 Å². The Hall–Kier alpha value is -3.56. The van der Waals surface area contributed by atoms with Crippen molar-refractivity contribution in [2.75, 3.05) is 27.0 Å². The van der Waals surface area contributed by atoms with E-state index < -0.39 is 0 Å². The fraction of sp³-hybridized carbons (Fsp3) is 0.160. The molecule has 0 aliphatic carbocycles. The number of rotatable bonds is 6. The molecule has 5 rings (SSSR count). The first-order chi connectivity index (χ1) is 16.5. The van der Waals surface area contributed by atoms with Crippen LogP contribution in [0.5, 0.6) is 17.2 Å². The molecule has 3 aromatic rings. The summed E-state index contributed by atoms with van der Waals surface area (Å²) >= 11 is 6.64. The van der Waals surface area contributed by atoms with E-state index in [9.17, 15) is 9.59 Å². The number of ether oxygens (including phenoxy) is 3. The van der Waals surface area contributed by atoms with Crippen LogP contribution < -0.4 is 19.5 Å². The molecule has 0 bridgehead atoms. The monoisotopic (exact) mass is 492 g/mol. The average Bonchev–Trinajstić information content (AvgIpc) is 3.42. The van der Waals surface area contributed by atoms with E-state index >= 15 is 0 Å². The van der Waals surface area contributed by atoms with E-state index in [4.69, 9.17) is 26.4 Å². The normalized spacial score (nSPS) is 15.9. The molecule has 0 saturated carbocycles.